The molecule has 1 aliphatic heterocycles. The zero-order chi connectivity index (χ0) is 19.0. The van der Waals surface area contributed by atoms with Crippen molar-refractivity contribution in [2.75, 3.05) is 18.4 Å². The molecule has 1 aliphatic carbocycles. The average Bonchev–Trinajstić information content (AvgIpc) is 3.29. The highest BCUT2D eigenvalue weighted by molar-refractivity contribution is 7.89. The Morgan fingerprint density at radius 1 is 1.30 bits per heavy atom. The van der Waals surface area contributed by atoms with Crippen LogP contribution in [0, 0.1) is 5.92 Å². The highest BCUT2D eigenvalue weighted by Crippen LogP contribution is 2.33. The van der Waals surface area contributed by atoms with Gasteiger partial charge in [0, 0.05) is 18.0 Å². The first-order valence-electron chi connectivity index (χ1n) is 9.32. The molecule has 146 valence electrons. The van der Waals surface area contributed by atoms with Crippen LogP contribution in [0.15, 0.2) is 16.3 Å². The molecular weight excluding hydrogens is 402 g/mol. The summed E-state index contributed by atoms with van der Waals surface area (Å²) in [5.41, 5.74) is 1.07. The number of carbonyl (C=O) groups is 1. The Kier molecular flexibility index (Phi) is 5.37. The van der Waals surface area contributed by atoms with Crippen LogP contribution in [0.4, 0.5) is 5.13 Å². The van der Waals surface area contributed by atoms with E-state index < -0.39 is 10.0 Å². The maximum Gasteiger partial charge on any atom is 0.268 e. The molecule has 9 heteroatoms. The lowest BCUT2D eigenvalue weighted by atomic mass is 9.93. The van der Waals surface area contributed by atoms with Crippen molar-refractivity contribution in [1.29, 1.82) is 0 Å². The van der Waals surface area contributed by atoms with Gasteiger partial charge < -0.3 is 0 Å². The molecule has 1 fully saturated rings. The molecule has 0 bridgehead atoms. The lowest BCUT2D eigenvalue weighted by molar-refractivity contribution is 0.102. The SMILES string of the molecule is C[C@H]1CCc2nc(NC(=O)c3sccc3S(=O)(=O)N3CCCCC3)sc2C1. The molecule has 0 unspecified atom stereocenters. The van der Waals surface area contributed by atoms with E-state index in [-0.39, 0.29) is 15.7 Å². The Morgan fingerprint density at radius 2 is 2.07 bits per heavy atom. The van der Waals surface area contributed by atoms with E-state index in [0.717, 1.165) is 55.6 Å². The van der Waals surface area contributed by atoms with Gasteiger partial charge in [-0.1, -0.05) is 13.3 Å². The number of piperidine rings is 1. The first-order valence-corrected chi connectivity index (χ1v) is 12.5. The van der Waals surface area contributed by atoms with Crippen LogP contribution in [0.25, 0.3) is 0 Å². The number of rotatable bonds is 4. The molecule has 1 N–H and O–H groups in total. The number of aryl methyl sites for hydroxylation is 1. The number of hydrogen-bond donors (Lipinski definition) is 1. The van der Waals surface area contributed by atoms with Gasteiger partial charge in [-0.15, -0.1) is 22.7 Å². The summed E-state index contributed by atoms with van der Waals surface area (Å²) >= 11 is 2.67. The van der Waals surface area contributed by atoms with Gasteiger partial charge in [0.15, 0.2) is 5.13 Å². The first-order chi connectivity index (χ1) is 12.9. The highest BCUT2D eigenvalue weighted by Gasteiger charge is 2.31. The van der Waals surface area contributed by atoms with Crippen molar-refractivity contribution in [1.82, 2.24) is 9.29 Å². The number of carbonyl (C=O) groups excluding carboxylic acids is 1. The number of sulfonamides is 1. The van der Waals surface area contributed by atoms with Crippen LogP contribution in [0.2, 0.25) is 0 Å². The van der Waals surface area contributed by atoms with Crippen LogP contribution >= 0.6 is 22.7 Å². The monoisotopic (exact) mass is 425 g/mol. The quantitative estimate of drug-likeness (QED) is 0.809. The molecule has 1 atom stereocenters. The largest absolute Gasteiger partial charge is 0.297 e. The van der Waals surface area contributed by atoms with E-state index in [4.69, 9.17) is 0 Å². The van der Waals surface area contributed by atoms with Gasteiger partial charge in [0.2, 0.25) is 10.0 Å². The topological polar surface area (TPSA) is 79.4 Å². The molecule has 6 nitrogen and oxygen atoms in total. The third-order valence-corrected chi connectivity index (χ3v) is 9.19. The smallest absolute Gasteiger partial charge is 0.268 e. The molecule has 4 rings (SSSR count). The van der Waals surface area contributed by atoms with Gasteiger partial charge in [-0.05, 0) is 49.5 Å². The number of thiophene rings is 1. The Hall–Kier alpha value is -1.29. The number of hydrogen-bond acceptors (Lipinski definition) is 6. The van der Waals surface area contributed by atoms with E-state index in [0.29, 0.717) is 24.1 Å². The molecule has 2 aromatic rings. The van der Waals surface area contributed by atoms with Crippen molar-refractivity contribution in [3.63, 3.8) is 0 Å². The third-order valence-electron chi connectivity index (χ3n) is 5.17. The summed E-state index contributed by atoms with van der Waals surface area (Å²) in [5.74, 6) is 0.250. The number of fused-ring (bicyclic) bond motifs is 1. The van der Waals surface area contributed by atoms with E-state index in [1.807, 2.05) is 0 Å². The van der Waals surface area contributed by atoms with Crippen LogP contribution in [-0.4, -0.2) is 36.7 Å². The second-order valence-electron chi connectivity index (χ2n) is 7.27. The van der Waals surface area contributed by atoms with Gasteiger partial charge in [-0.2, -0.15) is 4.31 Å². The van der Waals surface area contributed by atoms with Crippen molar-refractivity contribution >= 4 is 43.7 Å². The van der Waals surface area contributed by atoms with E-state index in [1.165, 1.54) is 26.6 Å². The molecule has 27 heavy (non-hydrogen) atoms. The summed E-state index contributed by atoms with van der Waals surface area (Å²) in [5, 5.41) is 5.06. The van der Waals surface area contributed by atoms with Gasteiger partial charge in [0.1, 0.15) is 9.77 Å². The lowest BCUT2D eigenvalue weighted by Crippen LogP contribution is -2.36. The van der Waals surface area contributed by atoms with Gasteiger partial charge >= 0.3 is 0 Å². The van der Waals surface area contributed by atoms with Gasteiger partial charge in [-0.25, -0.2) is 13.4 Å². The molecule has 2 aromatic heterocycles. The standard InChI is InChI=1S/C18H23N3O3S3/c1-12-5-6-13-14(11-12)26-18(19-13)20-17(22)16-15(7-10-25-16)27(23,24)21-8-3-2-4-9-21/h7,10,12H,2-6,8-9,11H2,1H3,(H,19,20,22)/t12-/m0/s1. The highest BCUT2D eigenvalue weighted by atomic mass is 32.2. The molecular formula is C18H23N3O3S3. The molecule has 1 amide bonds. The number of anilines is 1. The van der Waals surface area contributed by atoms with Crippen molar-refractivity contribution in [2.24, 2.45) is 5.92 Å². The fourth-order valence-corrected chi connectivity index (χ4v) is 7.64. The Bertz CT molecular complexity index is 942. The van der Waals surface area contributed by atoms with Crippen LogP contribution in [0.5, 0.6) is 0 Å². The molecule has 0 spiro atoms. The lowest BCUT2D eigenvalue weighted by Gasteiger charge is -2.25. The summed E-state index contributed by atoms with van der Waals surface area (Å²) < 4.78 is 27.4. The molecule has 1 saturated heterocycles. The summed E-state index contributed by atoms with van der Waals surface area (Å²) in [6.45, 7) is 3.28. The molecule has 0 aromatic carbocycles. The Balaban J connectivity index is 1.55. The molecule has 2 aliphatic rings. The maximum absolute atomic E-state index is 13.0. The summed E-state index contributed by atoms with van der Waals surface area (Å²) in [4.78, 5) is 18.9. The van der Waals surface area contributed by atoms with Gasteiger partial charge in [0.25, 0.3) is 5.91 Å². The summed E-state index contributed by atoms with van der Waals surface area (Å²) in [6, 6.07) is 1.54. The van der Waals surface area contributed by atoms with E-state index in [2.05, 4.69) is 17.2 Å². The van der Waals surface area contributed by atoms with E-state index in [1.54, 1.807) is 5.38 Å². The Morgan fingerprint density at radius 3 is 2.85 bits per heavy atom. The van der Waals surface area contributed by atoms with E-state index in [9.17, 15) is 13.2 Å². The average molecular weight is 426 g/mol. The third kappa shape index (κ3) is 3.83. The molecule has 0 saturated carbocycles. The second kappa shape index (κ2) is 7.62. The zero-order valence-electron chi connectivity index (χ0n) is 15.2. The van der Waals surface area contributed by atoms with Crippen molar-refractivity contribution in [2.45, 2.75) is 50.3 Å². The number of aromatic nitrogens is 1. The minimum absolute atomic E-state index is 0.113. The van der Waals surface area contributed by atoms with Gasteiger partial charge in [0.05, 0.1) is 5.69 Å². The predicted octanol–water partition coefficient (Wildman–Crippen LogP) is 3.76. The van der Waals surface area contributed by atoms with Crippen molar-refractivity contribution in [3.8, 4) is 0 Å². The number of thiazole rings is 1. The van der Waals surface area contributed by atoms with E-state index >= 15 is 0 Å². The zero-order valence-corrected chi connectivity index (χ0v) is 17.7. The maximum atomic E-state index is 13.0. The minimum atomic E-state index is -3.63. The fraction of sp³-hybridized carbons (Fsp3) is 0.556. The van der Waals surface area contributed by atoms with Crippen LogP contribution < -0.4 is 5.32 Å². The summed E-state index contributed by atoms with van der Waals surface area (Å²) in [6.07, 6.45) is 5.85. The first kappa shape index (κ1) is 19.0. The fourth-order valence-electron chi connectivity index (χ4n) is 3.66. The van der Waals surface area contributed by atoms with Crippen molar-refractivity contribution in [3.05, 3.63) is 26.9 Å². The minimum Gasteiger partial charge on any atom is -0.297 e. The number of nitrogens with one attached hydrogen (secondary N) is 1. The van der Waals surface area contributed by atoms with Crippen LogP contribution in [-0.2, 0) is 22.9 Å². The second-order valence-corrected chi connectivity index (χ2v) is 11.2. The number of amides is 1. The predicted molar refractivity (Wildman–Crippen MR) is 108 cm³/mol. The Labute approximate surface area is 167 Å². The number of nitrogens with zero attached hydrogens (tertiary/aromatic N) is 2. The normalized spacial score (nSPS) is 21.0. The van der Waals surface area contributed by atoms with Crippen LogP contribution in [0.1, 0.15) is 52.8 Å². The van der Waals surface area contributed by atoms with Crippen molar-refractivity contribution < 1.29 is 13.2 Å². The molecule has 3 heterocycles. The summed E-state index contributed by atoms with van der Waals surface area (Å²) in [7, 11) is -3.63. The van der Waals surface area contributed by atoms with Gasteiger partial charge in [-0.3, -0.25) is 10.1 Å². The van der Waals surface area contributed by atoms with Crippen LogP contribution in [0.3, 0.4) is 0 Å². The molecule has 0 radical (unpaired) electrons.